The Morgan fingerprint density at radius 2 is 1.73 bits per heavy atom. The first kappa shape index (κ1) is 23.7. The molecule has 2 N–H and O–H groups in total. The molecule has 0 aliphatic carbocycles. The van der Waals surface area contributed by atoms with E-state index in [-0.39, 0.29) is 24.1 Å². The number of ether oxygens (including phenoxy) is 2. The number of carbonyl (C=O) groups excluding carboxylic acids is 2. The number of nitrogens with one attached hydrogen (secondary N) is 2. The van der Waals surface area contributed by atoms with Crippen molar-refractivity contribution in [2.24, 2.45) is 0 Å². The highest BCUT2D eigenvalue weighted by atomic mass is 35.5. The van der Waals surface area contributed by atoms with E-state index in [0.29, 0.717) is 54.0 Å². The van der Waals surface area contributed by atoms with Crippen molar-refractivity contribution in [1.29, 1.82) is 0 Å². The van der Waals surface area contributed by atoms with Crippen molar-refractivity contribution in [2.45, 2.75) is 32.7 Å². The summed E-state index contributed by atoms with van der Waals surface area (Å²) in [5, 5.41) is 6.30. The molecule has 1 unspecified atom stereocenters. The second kappa shape index (κ2) is 11.6. The second-order valence-electron chi connectivity index (χ2n) is 6.91. The van der Waals surface area contributed by atoms with Crippen molar-refractivity contribution >= 4 is 24.1 Å². The van der Waals surface area contributed by atoms with Crippen LogP contribution in [-0.4, -0.2) is 44.0 Å². The van der Waals surface area contributed by atoms with Crippen LogP contribution in [0.15, 0.2) is 42.5 Å². The summed E-state index contributed by atoms with van der Waals surface area (Å²) >= 11 is 0. The minimum absolute atomic E-state index is 0. The smallest absolute Gasteiger partial charge is 0.252 e. The van der Waals surface area contributed by atoms with E-state index in [1.807, 2.05) is 13.8 Å². The third-order valence-corrected chi connectivity index (χ3v) is 4.89. The molecule has 3 rings (SSSR count). The van der Waals surface area contributed by atoms with Crippen LogP contribution in [0, 0.1) is 0 Å². The zero-order valence-electron chi connectivity index (χ0n) is 17.4. The number of hydrogen-bond donors (Lipinski definition) is 2. The van der Waals surface area contributed by atoms with E-state index in [2.05, 4.69) is 10.6 Å². The van der Waals surface area contributed by atoms with Gasteiger partial charge in [-0.2, -0.15) is 0 Å². The van der Waals surface area contributed by atoms with Crippen LogP contribution in [0.3, 0.4) is 0 Å². The van der Waals surface area contributed by atoms with Gasteiger partial charge in [0.25, 0.3) is 5.91 Å². The van der Waals surface area contributed by atoms with Crippen LogP contribution in [0.1, 0.15) is 53.0 Å². The third-order valence-electron chi connectivity index (χ3n) is 4.89. The third kappa shape index (κ3) is 5.74. The molecule has 0 radical (unpaired) electrons. The van der Waals surface area contributed by atoms with E-state index in [1.165, 1.54) is 0 Å². The van der Waals surface area contributed by atoms with Crippen molar-refractivity contribution in [3.05, 3.63) is 59.2 Å². The quantitative estimate of drug-likeness (QED) is 0.592. The molecule has 0 aromatic heterocycles. The maximum atomic E-state index is 13.2. The number of hydrogen-bond acceptors (Lipinski definition) is 5. The van der Waals surface area contributed by atoms with Crippen LogP contribution in [0.5, 0.6) is 11.5 Å². The predicted octanol–water partition coefficient (Wildman–Crippen LogP) is 3.62. The highest BCUT2D eigenvalue weighted by Crippen LogP contribution is 2.30. The second-order valence-corrected chi connectivity index (χ2v) is 6.91. The van der Waals surface area contributed by atoms with Gasteiger partial charge in [0.1, 0.15) is 0 Å². The van der Waals surface area contributed by atoms with Gasteiger partial charge in [0.15, 0.2) is 17.3 Å². The summed E-state index contributed by atoms with van der Waals surface area (Å²) in [6.45, 7) is 6.28. The van der Waals surface area contributed by atoms with Crippen molar-refractivity contribution < 1.29 is 19.1 Å². The summed E-state index contributed by atoms with van der Waals surface area (Å²) in [5.41, 5.74) is 1.20. The Balaban J connectivity index is 0.00000320. The molecule has 2 aromatic rings. The highest BCUT2D eigenvalue weighted by Gasteiger charge is 2.21. The molecule has 1 amide bonds. The van der Waals surface area contributed by atoms with Crippen LogP contribution in [0.4, 0.5) is 0 Å². The largest absolute Gasteiger partial charge is 0.490 e. The molecule has 0 saturated carbocycles. The first-order chi connectivity index (χ1) is 14.1. The Morgan fingerprint density at radius 1 is 1.03 bits per heavy atom. The lowest BCUT2D eigenvalue weighted by Gasteiger charge is -2.14. The number of amides is 1. The zero-order chi connectivity index (χ0) is 20.6. The van der Waals surface area contributed by atoms with Gasteiger partial charge in [-0.1, -0.05) is 18.2 Å². The molecule has 30 heavy (non-hydrogen) atoms. The molecule has 1 saturated heterocycles. The Bertz CT molecular complexity index is 866. The average Bonchev–Trinajstić information content (AvgIpc) is 3.27. The van der Waals surface area contributed by atoms with Crippen LogP contribution in [-0.2, 0) is 0 Å². The molecule has 2 aromatic carbocycles. The lowest BCUT2D eigenvalue weighted by atomic mass is 9.97. The number of carbonyl (C=O) groups is 2. The number of benzene rings is 2. The molecular formula is C23H29ClN2O4. The molecule has 7 heteroatoms. The molecule has 1 fully saturated rings. The van der Waals surface area contributed by atoms with Gasteiger partial charge in [0, 0.05) is 23.7 Å². The Hall–Kier alpha value is -2.57. The van der Waals surface area contributed by atoms with E-state index in [4.69, 9.17) is 9.47 Å². The summed E-state index contributed by atoms with van der Waals surface area (Å²) in [6.07, 6.45) is 2.17. The van der Waals surface area contributed by atoms with Gasteiger partial charge in [0.2, 0.25) is 0 Å². The zero-order valence-corrected chi connectivity index (χ0v) is 18.2. The van der Waals surface area contributed by atoms with E-state index < -0.39 is 0 Å². The fourth-order valence-electron chi connectivity index (χ4n) is 3.47. The fraction of sp³-hybridized carbons (Fsp3) is 0.391. The van der Waals surface area contributed by atoms with Gasteiger partial charge in [-0.25, -0.2) is 0 Å². The van der Waals surface area contributed by atoms with Crippen LogP contribution >= 0.6 is 12.4 Å². The molecule has 0 spiro atoms. The van der Waals surface area contributed by atoms with Crippen LogP contribution in [0.2, 0.25) is 0 Å². The molecule has 162 valence electrons. The van der Waals surface area contributed by atoms with Crippen molar-refractivity contribution in [1.82, 2.24) is 10.6 Å². The predicted molar refractivity (Wildman–Crippen MR) is 119 cm³/mol. The van der Waals surface area contributed by atoms with E-state index in [0.717, 1.165) is 19.4 Å². The molecule has 1 atom stereocenters. The fourth-order valence-corrected chi connectivity index (χ4v) is 3.47. The summed E-state index contributed by atoms with van der Waals surface area (Å²) < 4.78 is 11.2. The first-order valence-corrected chi connectivity index (χ1v) is 10.2. The molecule has 1 heterocycles. The summed E-state index contributed by atoms with van der Waals surface area (Å²) in [6, 6.07) is 12.3. The molecule has 1 aliphatic heterocycles. The lowest BCUT2D eigenvalue weighted by Crippen LogP contribution is -2.37. The monoisotopic (exact) mass is 432 g/mol. The summed E-state index contributed by atoms with van der Waals surface area (Å²) in [4.78, 5) is 25.9. The molecule has 1 aliphatic rings. The first-order valence-electron chi connectivity index (χ1n) is 10.2. The van der Waals surface area contributed by atoms with Crippen LogP contribution < -0.4 is 20.1 Å². The van der Waals surface area contributed by atoms with Gasteiger partial charge >= 0.3 is 0 Å². The van der Waals surface area contributed by atoms with Gasteiger partial charge in [0.05, 0.1) is 18.8 Å². The lowest BCUT2D eigenvalue weighted by molar-refractivity contribution is 0.0939. The van der Waals surface area contributed by atoms with Gasteiger partial charge in [-0.05, 0) is 57.5 Å². The van der Waals surface area contributed by atoms with Crippen molar-refractivity contribution in [3.8, 4) is 11.5 Å². The number of rotatable bonds is 9. The minimum Gasteiger partial charge on any atom is -0.490 e. The van der Waals surface area contributed by atoms with Crippen LogP contribution in [0.25, 0.3) is 0 Å². The van der Waals surface area contributed by atoms with Gasteiger partial charge in [-0.15, -0.1) is 12.4 Å². The van der Waals surface area contributed by atoms with Crippen molar-refractivity contribution in [3.63, 3.8) is 0 Å². The Labute approximate surface area is 183 Å². The summed E-state index contributed by atoms with van der Waals surface area (Å²) in [5.74, 6) is 0.660. The maximum absolute atomic E-state index is 13.2. The number of halogens is 1. The van der Waals surface area contributed by atoms with E-state index in [9.17, 15) is 9.59 Å². The molecule has 0 bridgehead atoms. The number of ketones is 1. The minimum atomic E-state index is -0.237. The average molecular weight is 433 g/mol. The van der Waals surface area contributed by atoms with Gasteiger partial charge in [-0.3, -0.25) is 9.59 Å². The van der Waals surface area contributed by atoms with E-state index in [1.54, 1.807) is 42.5 Å². The van der Waals surface area contributed by atoms with E-state index >= 15 is 0 Å². The highest BCUT2D eigenvalue weighted by molar-refractivity contribution is 6.15. The Morgan fingerprint density at radius 3 is 2.40 bits per heavy atom. The standard InChI is InChI=1S/C23H28N2O4.ClH/c1-3-28-20-12-11-16(14-21(20)29-4-2)22(26)18-9-5-6-10-19(18)23(27)25-15-17-8-7-13-24-17;/h5-6,9-12,14,17,24H,3-4,7-8,13,15H2,1-2H3,(H,25,27);1H. The van der Waals surface area contributed by atoms with Crippen molar-refractivity contribution in [2.75, 3.05) is 26.3 Å². The normalized spacial score (nSPS) is 15.2. The molecular weight excluding hydrogens is 404 g/mol. The SMILES string of the molecule is CCOc1ccc(C(=O)c2ccccc2C(=O)NCC2CCCN2)cc1OCC.Cl. The van der Waals surface area contributed by atoms with Gasteiger partial charge < -0.3 is 20.1 Å². The maximum Gasteiger partial charge on any atom is 0.252 e. The topological polar surface area (TPSA) is 76.7 Å². The molecule has 6 nitrogen and oxygen atoms in total. The Kier molecular flexibility index (Phi) is 9.15. The summed E-state index contributed by atoms with van der Waals surface area (Å²) in [7, 11) is 0.